The van der Waals surface area contributed by atoms with Crippen LogP contribution >= 0.6 is 22.6 Å². The molecule has 0 amide bonds. The van der Waals surface area contributed by atoms with E-state index in [4.69, 9.17) is 14.9 Å². The molecule has 5 heteroatoms. The summed E-state index contributed by atoms with van der Waals surface area (Å²) in [4.78, 5) is 4.69. The zero-order chi connectivity index (χ0) is 16.7. The summed E-state index contributed by atoms with van der Waals surface area (Å²) in [7, 11) is 3.27. The van der Waals surface area contributed by atoms with Crippen molar-refractivity contribution in [3.63, 3.8) is 0 Å². The average Bonchev–Trinajstić information content (AvgIpc) is 2.57. The maximum Gasteiger partial charge on any atom is 0.0860 e. The monoisotopic (exact) mass is 424 g/mol. The van der Waals surface area contributed by atoms with E-state index < -0.39 is 0 Å². The van der Waals surface area contributed by atoms with Crippen LogP contribution in [0, 0.1) is 8.98 Å². The highest BCUT2D eigenvalue weighted by molar-refractivity contribution is 14.1. The van der Waals surface area contributed by atoms with Crippen molar-refractivity contribution in [2.45, 2.75) is 18.9 Å². The summed E-state index contributed by atoms with van der Waals surface area (Å²) in [5.74, 6) is 0. The first-order valence-electron chi connectivity index (χ1n) is 7.43. The molecule has 0 aliphatic carbocycles. The van der Waals surface area contributed by atoms with Crippen LogP contribution in [0.5, 0.6) is 0 Å². The molecular weight excluding hydrogens is 403 g/mol. The summed E-state index contributed by atoms with van der Waals surface area (Å²) in [5.41, 5.74) is 3.39. The molecule has 0 fully saturated rings. The van der Waals surface area contributed by atoms with Gasteiger partial charge in [-0.25, -0.2) is 0 Å². The van der Waals surface area contributed by atoms with Crippen LogP contribution in [-0.4, -0.2) is 37.6 Å². The Morgan fingerprint density at radius 3 is 2.57 bits per heavy atom. The molecule has 0 aliphatic heterocycles. The van der Waals surface area contributed by atoms with E-state index in [9.17, 15) is 0 Å². The minimum Gasteiger partial charge on any atom is -0.382 e. The third-order valence-corrected chi connectivity index (χ3v) is 4.54. The second-order valence-electron chi connectivity index (χ2n) is 5.28. The summed E-state index contributed by atoms with van der Waals surface area (Å²) in [5, 5.41) is 8.29. The number of ether oxygens (including phenoxy) is 2. The highest BCUT2D eigenvalue weighted by atomic mass is 127. The summed E-state index contributed by atoms with van der Waals surface area (Å²) >= 11 is 2.30. The Morgan fingerprint density at radius 1 is 1.17 bits per heavy atom. The number of benzene rings is 1. The van der Waals surface area contributed by atoms with Gasteiger partial charge in [-0.1, -0.05) is 30.3 Å². The maximum absolute atomic E-state index is 8.29. The molecule has 0 saturated carbocycles. The Labute approximate surface area is 150 Å². The van der Waals surface area contributed by atoms with Gasteiger partial charge in [0.05, 0.1) is 29.8 Å². The molecule has 0 radical (unpaired) electrons. The van der Waals surface area contributed by atoms with Crippen LogP contribution in [0.4, 0.5) is 0 Å². The quantitative estimate of drug-likeness (QED) is 0.520. The van der Waals surface area contributed by atoms with Crippen LogP contribution in [-0.2, 0) is 15.9 Å². The van der Waals surface area contributed by atoms with Crippen molar-refractivity contribution >= 4 is 28.3 Å². The topological polar surface area (TPSA) is 55.2 Å². The minimum atomic E-state index is -0.119. The third kappa shape index (κ3) is 5.37. The number of hydrogen-bond acceptors (Lipinski definition) is 4. The predicted octanol–water partition coefficient (Wildman–Crippen LogP) is 3.70. The van der Waals surface area contributed by atoms with Crippen LogP contribution in [0.3, 0.4) is 0 Å². The van der Waals surface area contributed by atoms with Crippen molar-refractivity contribution in [3.05, 3.63) is 63.0 Å². The highest BCUT2D eigenvalue weighted by Gasteiger charge is 2.14. The zero-order valence-corrected chi connectivity index (χ0v) is 15.5. The number of nitrogens with zero attached hydrogens (tertiary/aromatic N) is 1. The van der Waals surface area contributed by atoms with E-state index in [1.807, 2.05) is 30.3 Å². The summed E-state index contributed by atoms with van der Waals surface area (Å²) in [6.45, 7) is 0.472. The third-order valence-electron chi connectivity index (χ3n) is 3.56. The second kappa shape index (κ2) is 9.10. The van der Waals surface area contributed by atoms with Crippen LogP contribution in [0.15, 0.2) is 42.5 Å². The van der Waals surface area contributed by atoms with Crippen molar-refractivity contribution in [2.24, 2.45) is 0 Å². The van der Waals surface area contributed by atoms with Gasteiger partial charge in [0.1, 0.15) is 0 Å². The average molecular weight is 424 g/mol. The number of halogens is 1. The normalized spacial score (nSPS) is 12.1. The molecule has 1 heterocycles. The second-order valence-corrected chi connectivity index (χ2v) is 6.45. The molecule has 1 aromatic heterocycles. The molecule has 2 aromatic rings. The van der Waals surface area contributed by atoms with Gasteiger partial charge in [-0.2, -0.15) is 0 Å². The van der Waals surface area contributed by atoms with E-state index in [0.717, 1.165) is 15.7 Å². The molecule has 2 rings (SSSR count). The lowest BCUT2D eigenvalue weighted by atomic mass is 10.1. The van der Waals surface area contributed by atoms with Crippen LogP contribution in [0.1, 0.15) is 23.4 Å². The van der Waals surface area contributed by atoms with Crippen molar-refractivity contribution in [3.8, 4) is 0 Å². The van der Waals surface area contributed by atoms with Crippen molar-refractivity contribution < 1.29 is 9.47 Å². The zero-order valence-electron chi connectivity index (χ0n) is 13.4. The van der Waals surface area contributed by atoms with Gasteiger partial charge in [-0.15, -0.1) is 0 Å². The van der Waals surface area contributed by atoms with E-state index >= 15 is 0 Å². The van der Waals surface area contributed by atoms with Gasteiger partial charge in [0.15, 0.2) is 0 Å². The molecule has 1 aromatic carbocycles. The van der Waals surface area contributed by atoms with Crippen LogP contribution < -0.4 is 0 Å². The van der Waals surface area contributed by atoms with Gasteiger partial charge in [-0.3, -0.25) is 4.98 Å². The van der Waals surface area contributed by atoms with Gasteiger partial charge in [-0.05, 0) is 40.3 Å². The fraction of sp³-hybridized carbons (Fsp3) is 0.333. The van der Waals surface area contributed by atoms with E-state index in [1.165, 1.54) is 5.56 Å². The van der Waals surface area contributed by atoms with E-state index in [2.05, 4.69) is 39.7 Å². The van der Waals surface area contributed by atoms with Crippen molar-refractivity contribution in [2.75, 3.05) is 20.8 Å². The number of methoxy groups -OCH3 is 2. The summed E-state index contributed by atoms with van der Waals surface area (Å²) < 4.78 is 11.6. The number of pyridine rings is 1. The number of aromatic nitrogens is 1. The molecule has 4 nitrogen and oxygen atoms in total. The maximum atomic E-state index is 8.29. The van der Waals surface area contributed by atoms with E-state index in [1.54, 1.807) is 14.2 Å². The molecule has 0 aliphatic rings. The Kier molecular flexibility index (Phi) is 7.14. The molecule has 23 heavy (non-hydrogen) atoms. The van der Waals surface area contributed by atoms with Crippen molar-refractivity contribution in [1.29, 1.82) is 5.41 Å². The van der Waals surface area contributed by atoms with Gasteiger partial charge in [0, 0.05) is 30.6 Å². The molecule has 1 atom stereocenters. The smallest absolute Gasteiger partial charge is 0.0860 e. The van der Waals surface area contributed by atoms with E-state index in [0.29, 0.717) is 24.4 Å². The Hall–Kier alpha value is -1.31. The Balaban J connectivity index is 2.14. The first-order valence-corrected chi connectivity index (χ1v) is 8.50. The molecule has 0 bridgehead atoms. The lowest BCUT2D eigenvalue weighted by Gasteiger charge is -2.15. The van der Waals surface area contributed by atoms with Gasteiger partial charge in [0.25, 0.3) is 0 Å². The first-order chi connectivity index (χ1) is 11.1. The molecular formula is C18H21IN2O2. The van der Waals surface area contributed by atoms with Gasteiger partial charge < -0.3 is 14.9 Å². The Morgan fingerprint density at radius 2 is 1.91 bits per heavy atom. The lowest BCUT2D eigenvalue weighted by molar-refractivity contribution is 0.0330. The molecule has 122 valence electrons. The van der Waals surface area contributed by atoms with Crippen LogP contribution in [0.2, 0.25) is 0 Å². The fourth-order valence-electron chi connectivity index (χ4n) is 2.29. The summed E-state index contributed by atoms with van der Waals surface area (Å²) in [6.07, 6.45) is 1.14. The standard InChI is InChI=1S/C18H21IN2O2/c1-22-12-14(23-2)11-16(20)17-9-8-15(19)18(21-17)10-13-6-4-3-5-7-13/h3-9,14,20H,10-12H2,1-2H3/t14-/m1/s1. The number of hydrogen-bond donors (Lipinski definition) is 1. The van der Waals surface area contributed by atoms with Gasteiger partial charge >= 0.3 is 0 Å². The number of nitrogens with one attached hydrogen (secondary N) is 1. The summed E-state index contributed by atoms with van der Waals surface area (Å²) in [6, 6.07) is 14.2. The predicted molar refractivity (Wildman–Crippen MR) is 100 cm³/mol. The molecule has 0 spiro atoms. The molecule has 0 saturated heterocycles. The number of rotatable bonds is 8. The van der Waals surface area contributed by atoms with Gasteiger partial charge in [0.2, 0.25) is 0 Å². The minimum absolute atomic E-state index is 0.119. The fourth-order valence-corrected chi connectivity index (χ4v) is 2.79. The molecule has 0 unspecified atom stereocenters. The lowest BCUT2D eigenvalue weighted by Crippen LogP contribution is -2.22. The SMILES string of the molecule is COC[C@@H](CC(=N)c1ccc(I)c(Cc2ccccc2)n1)OC. The largest absolute Gasteiger partial charge is 0.382 e. The first kappa shape index (κ1) is 18.0. The Bertz CT molecular complexity index is 647. The van der Waals surface area contributed by atoms with E-state index in [-0.39, 0.29) is 6.10 Å². The van der Waals surface area contributed by atoms with Crippen molar-refractivity contribution in [1.82, 2.24) is 4.98 Å². The molecule has 1 N–H and O–H groups in total. The highest BCUT2D eigenvalue weighted by Crippen LogP contribution is 2.17. The van der Waals surface area contributed by atoms with Crippen LogP contribution in [0.25, 0.3) is 0 Å².